The van der Waals surface area contributed by atoms with Crippen LogP contribution in [0.3, 0.4) is 0 Å². The highest BCUT2D eigenvalue weighted by molar-refractivity contribution is 6.02. The molecule has 0 atom stereocenters. The lowest BCUT2D eigenvalue weighted by atomic mass is 10.1. The van der Waals surface area contributed by atoms with Gasteiger partial charge in [-0.3, -0.25) is 4.79 Å². The summed E-state index contributed by atoms with van der Waals surface area (Å²) in [4.78, 5) is 16.5. The standard InChI is InChI=1S/C24H23FN4O.2C2H6.2H2/c25-20-8-3-5-18(13-20)14-21-15-27-17-29(21)12-11-26-16-24(30)28-23-10-4-7-19-6-1-2-9-22(19)23;2*1-2;;/h1-10,13,15,17,26H,11-12,14,16H2,(H,28,30);2*1-2H3;2*1H. The van der Waals surface area contributed by atoms with Crippen LogP contribution >= 0.6 is 0 Å². The SMILES string of the molecule is CC.CC.O=C(CNCCn1cncc1Cc1cccc(F)c1)Nc1cccc2ccccc12.[HH].[HH]. The van der Waals surface area contributed by atoms with Gasteiger partial charge in [-0.05, 0) is 29.1 Å². The Labute approximate surface area is 205 Å². The largest absolute Gasteiger partial charge is 0.333 e. The summed E-state index contributed by atoms with van der Waals surface area (Å²) < 4.78 is 15.4. The quantitative estimate of drug-likeness (QED) is 0.290. The summed E-state index contributed by atoms with van der Waals surface area (Å²) in [6, 6.07) is 20.4. The summed E-state index contributed by atoms with van der Waals surface area (Å²) in [6.45, 7) is 9.51. The van der Waals surface area contributed by atoms with Gasteiger partial charge >= 0.3 is 0 Å². The molecule has 4 aromatic rings. The lowest BCUT2D eigenvalue weighted by molar-refractivity contribution is -0.115. The molecule has 1 heterocycles. The Bertz CT molecular complexity index is 1160. The molecule has 4 rings (SSSR count). The summed E-state index contributed by atoms with van der Waals surface area (Å²) in [5.74, 6) is -0.325. The number of halogens is 1. The number of imidazole rings is 1. The van der Waals surface area contributed by atoms with Crippen molar-refractivity contribution in [1.29, 1.82) is 0 Å². The summed E-state index contributed by atoms with van der Waals surface area (Å²) in [6.07, 6.45) is 4.16. The molecule has 2 N–H and O–H groups in total. The summed E-state index contributed by atoms with van der Waals surface area (Å²) in [7, 11) is 0. The van der Waals surface area contributed by atoms with E-state index in [0.717, 1.165) is 27.7 Å². The molecule has 0 saturated carbocycles. The van der Waals surface area contributed by atoms with Crippen molar-refractivity contribution >= 4 is 22.4 Å². The predicted molar refractivity (Wildman–Crippen MR) is 144 cm³/mol. The van der Waals surface area contributed by atoms with Gasteiger partial charge in [0.1, 0.15) is 5.82 Å². The molecular formula is C28H39FN4O. The first-order valence-corrected chi connectivity index (χ1v) is 11.9. The number of aromatic nitrogens is 2. The van der Waals surface area contributed by atoms with Gasteiger partial charge in [-0.2, -0.15) is 0 Å². The zero-order valence-electron chi connectivity index (χ0n) is 20.5. The molecule has 0 aliphatic heterocycles. The molecule has 0 aliphatic rings. The first-order chi connectivity index (χ1) is 16.7. The van der Waals surface area contributed by atoms with E-state index in [1.54, 1.807) is 18.6 Å². The Kier molecular flexibility index (Phi) is 11.5. The van der Waals surface area contributed by atoms with Crippen LogP contribution in [-0.4, -0.2) is 28.5 Å². The van der Waals surface area contributed by atoms with Gasteiger partial charge in [0.05, 0.1) is 12.9 Å². The molecule has 1 amide bonds. The lowest BCUT2D eigenvalue weighted by Crippen LogP contribution is -2.30. The number of rotatable bonds is 8. The fourth-order valence-corrected chi connectivity index (χ4v) is 3.48. The van der Waals surface area contributed by atoms with Crippen molar-refractivity contribution in [1.82, 2.24) is 14.9 Å². The van der Waals surface area contributed by atoms with E-state index in [2.05, 4.69) is 15.6 Å². The third-order valence-electron chi connectivity index (χ3n) is 4.95. The molecule has 34 heavy (non-hydrogen) atoms. The maximum Gasteiger partial charge on any atom is 0.238 e. The Morgan fingerprint density at radius 1 is 1.00 bits per heavy atom. The number of benzene rings is 3. The van der Waals surface area contributed by atoms with Crippen LogP contribution in [-0.2, 0) is 17.8 Å². The number of hydrogen-bond acceptors (Lipinski definition) is 3. The summed E-state index contributed by atoms with van der Waals surface area (Å²) >= 11 is 0. The maximum atomic E-state index is 13.4. The average Bonchev–Trinajstić information content (AvgIpc) is 3.31. The first kappa shape index (κ1) is 26.7. The van der Waals surface area contributed by atoms with E-state index in [0.29, 0.717) is 19.5 Å². The monoisotopic (exact) mass is 466 g/mol. The van der Waals surface area contributed by atoms with Gasteiger partial charge in [-0.25, -0.2) is 9.37 Å². The molecule has 0 saturated heterocycles. The van der Waals surface area contributed by atoms with E-state index in [1.807, 2.05) is 80.8 Å². The molecule has 0 bridgehead atoms. The molecule has 5 nitrogen and oxygen atoms in total. The maximum absolute atomic E-state index is 13.4. The third-order valence-corrected chi connectivity index (χ3v) is 4.95. The Morgan fingerprint density at radius 2 is 1.74 bits per heavy atom. The van der Waals surface area contributed by atoms with Crippen LogP contribution in [0.4, 0.5) is 10.1 Å². The van der Waals surface area contributed by atoms with Crippen molar-refractivity contribution in [3.05, 3.63) is 96.3 Å². The van der Waals surface area contributed by atoms with Gasteiger partial charge in [0.15, 0.2) is 0 Å². The average molecular weight is 467 g/mol. The predicted octanol–water partition coefficient (Wildman–Crippen LogP) is 6.54. The molecule has 184 valence electrons. The van der Waals surface area contributed by atoms with Crippen molar-refractivity contribution in [2.75, 3.05) is 18.4 Å². The Morgan fingerprint density at radius 3 is 2.53 bits per heavy atom. The molecule has 0 aliphatic carbocycles. The minimum atomic E-state index is -0.238. The van der Waals surface area contributed by atoms with Crippen LogP contribution in [0.15, 0.2) is 79.3 Å². The van der Waals surface area contributed by atoms with Gasteiger partial charge in [0.25, 0.3) is 0 Å². The second-order valence-corrected chi connectivity index (χ2v) is 7.14. The van der Waals surface area contributed by atoms with E-state index >= 15 is 0 Å². The van der Waals surface area contributed by atoms with Gasteiger partial charge < -0.3 is 15.2 Å². The van der Waals surface area contributed by atoms with Crippen LogP contribution in [0.2, 0.25) is 0 Å². The summed E-state index contributed by atoms with van der Waals surface area (Å²) in [5, 5.41) is 8.26. The fourth-order valence-electron chi connectivity index (χ4n) is 3.48. The number of amides is 1. The van der Waals surface area contributed by atoms with Gasteiger partial charge in [0, 0.05) is 45.3 Å². The minimum Gasteiger partial charge on any atom is -0.333 e. The van der Waals surface area contributed by atoms with Crippen LogP contribution in [0.5, 0.6) is 0 Å². The molecule has 0 fully saturated rings. The number of carbonyl (C=O) groups excluding carboxylic acids is 1. The van der Waals surface area contributed by atoms with E-state index < -0.39 is 0 Å². The topological polar surface area (TPSA) is 59.0 Å². The van der Waals surface area contributed by atoms with Crippen molar-refractivity contribution in [3.8, 4) is 0 Å². The number of fused-ring (bicyclic) bond motifs is 1. The highest BCUT2D eigenvalue weighted by Crippen LogP contribution is 2.22. The van der Waals surface area contributed by atoms with Crippen molar-refractivity contribution in [2.24, 2.45) is 0 Å². The number of hydrogen-bond donors (Lipinski definition) is 2. The normalized spacial score (nSPS) is 10.0. The van der Waals surface area contributed by atoms with E-state index in [9.17, 15) is 9.18 Å². The zero-order valence-corrected chi connectivity index (χ0v) is 20.5. The molecular weight excluding hydrogens is 427 g/mol. The lowest BCUT2D eigenvalue weighted by Gasteiger charge is -2.11. The van der Waals surface area contributed by atoms with Crippen LogP contribution in [0.25, 0.3) is 10.8 Å². The van der Waals surface area contributed by atoms with Gasteiger partial charge in [0.2, 0.25) is 5.91 Å². The van der Waals surface area contributed by atoms with Crippen molar-refractivity contribution < 1.29 is 12.0 Å². The number of anilines is 1. The second-order valence-electron chi connectivity index (χ2n) is 7.14. The van der Waals surface area contributed by atoms with Crippen molar-refractivity contribution in [3.63, 3.8) is 0 Å². The van der Waals surface area contributed by atoms with Crippen LogP contribution in [0.1, 0.15) is 41.8 Å². The first-order valence-electron chi connectivity index (χ1n) is 11.9. The second kappa shape index (κ2) is 14.6. The molecule has 1 aromatic heterocycles. The Balaban J connectivity index is 0.00000195. The highest BCUT2D eigenvalue weighted by atomic mass is 19.1. The molecule has 0 radical (unpaired) electrons. The van der Waals surface area contributed by atoms with Gasteiger partial charge in [-0.1, -0.05) is 76.2 Å². The van der Waals surface area contributed by atoms with Crippen molar-refractivity contribution in [2.45, 2.75) is 40.7 Å². The number of nitrogens with one attached hydrogen (secondary N) is 2. The van der Waals surface area contributed by atoms with Gasteiger partial charge in [-0.15, -0.1) is 0 Å². The van der Waals surface area contributed by atoms with Crippen LogP contribution in [0, 0.1) is 5.82 Å². The number of carbonyl (C=O) groups is 1. The third kappa shape index (κ3) is 7.81. The van der Waals surface area contributed by atoms with E-state index in [4.69, 9.17) is 0 Å². The number of nitrogens with zero attached hydrogens (tertiary/aromatic N) is 2. The zero-order chi connectivity index (χ0) is 24.8. The molecule has 3 aromatic carbocycles. The fraction of sp³-hybridized carbons (Fsp3) is 0.286. The smallest absolute Gasteiger partial charge is 0.238 e. The molecule has 0 spiro atoms. The summed E-state index contributed by atoms with van der Waals surface area (Å²) in [5.41, 5.74) is 2.72. The van der Waals surface area contributed by atoms with Crippen LogP contribution < -0.4 is 10.6 Å². The van der Waals surface area contributed by atoms with E-state index in [-0.39, 0.29) is 21.1 Å². The molecule has 6 heteroatoms. The molecule has 0 unspecified atom stereocenters. The highest BCUT2D eigenvalue weighted by Gasteiger charge is 2.07. The minimum absolute atomic E-state index is 0. The Hall–Kier alpha value is -3.51. The van der Waals surface area contributed by atoms with E-state index in [1.165, 1.54) is 12.1 Å².